The molecule has 0 bridgehead atoms. The van der Waals surface area contributed by atoms with Crippen LogP contribution in [0.4, 0.5) is 11.4 Å². The molecule has 0 aliphatic carbocycles. The van der Waals surface area contributed by atoms with E-state index >= 15 is 0 Å². The highest BCUT2D eigenvalue weighted by Crippen LogP contribution is 2.35. The van der Waals surface area contributed by atoms with Crippen LogP contribution in [0.2, 0.25) is 0 Å². The van der Waals surface area contributed by atoms with Gasteiger partial charge in [-0.15, -0.1) is 0 Å². The molecule has 1 fully saturated rings. The Kier molecular flexibility index (Phi) is 7.42. The highest BCUT2D eigenvalue weighted by atomic mass is 16.5. The molecule has 0 atom stereocenters. The van der Waals surface area contributed by atoms with Crippen molar-refractivity contribution in [3.8, 4) is 0 Å². The van der Waals surface area contributed by atoms with E-state index in [-0.39, 0.29) is 11.8 Å². The number of imide groups is 1. The lowest BCUT2D eigenvalue weighted by Crippen LogP contribution is -2.37. The van der Waals surface area contributed by atoms with Gasteiger partial charge in [0.25, 0.3) is 11.8 Å². The van der Waals surface area contributed by atoms with Gasteiger partial charge in [-0.1, -0.05) is 30.3 Å². The third-order valence-electron chi connectivity index (χ3n) is 6.15. The normalized spacial score (nSPS) is 16.3. The van der Waals surface area contributed by atoms with Crippen LogP contribution in [0.5, 0.6) is 0 Å². The summed E-state index contributed by atoms with van der Waals surface area (Å²) in [6.07, 6.45) is 2.38. The van der Waals surface area contributed by atoms with E-state index in [2.05, 4.69) is 4.90 Å². The van der Waals surface area contributed by atoms with Crippen LogP contribution in [0.25, 0.3) is 5.57 Å². The van der Waals surface area contributed by atoms with Crippen molar-refractivity contribution in [3.05, 3.63) is 65.9 Å². The second-order valence-corrected chi connectivity index (χ2v) is 8.22. The van der Waals surface area contributed by atoms with Gasteiger partial charge in [-0.3, -0.25) is 9.59 Å². The van der Waals surface area contributed by atoms with Gasteiger partial charge in [-0.25, -0.2) is 4.90 Å². The molecule has 2 aromatic rings. The van der Waals surface area contributed by atoms with Crippen molar-refractivity contribution in [2.45, 2.75) is 12.8 Å². The number of benzene rings is 2. The lowest BCUT2D eigenvalue weighted by atomic mass is 10.0. The Morgan fingerprint density at radius 2 is 1.36 bits per heavy atom. The van der Waals surface area contributed by atoms with E-state index < -0.39 is 0 Å². The van der Waals surface area contributed by atoms with E-state index in [1.54, 1.807) is 14.2 Å². The zero-order chi connectivity index (χ0) is 23.2. The number of carbonyl (C=O) groups excluding carboxylic acids is 2. The monoisotopic (exact) mass is 449 g/mol. The first-order valence-corrected chi connectivity index (χ1v) is 11.4. The van der Waals surface area contributed by atoms with E-state index in [1.807, 2.05) is 59.5 Å². The predicted octanol–water partition coefficient (Wildman–Crippen LogP) is 3.17. The highest BCUT2D eigenvalue weighted by molar-refractivity contribution is 6.45. The molecule has 0 radical (unpaired) electrons. The number of carbonyl (C=O) groups is 2. The van der Waals surface area contributed by atoms with Crippen LogP contribution in [0, 0.1) is 0 Å². The van der Waals surface area contributed by atoms with Crippen molar-refractivity contribution in [1.29, 1.82) is 0 Å². The maximum atomic E-state index is 13.7. The lowest BCUT2D eigenvalue weighted by molar-refractivity contribution is -0.120. The minimum atomic E-state index is -0.319. The van der Waals surface area contributed by atoms with Crippen LogP contribution in [0.1, 0.15) is 18.4 Å². The third kappa shape index (κ3) is 4.79. The molecule has 7 heteroatoms. The number of rotatable bonds is 10. The molecular weight excluding hydrogens is 418 g/mol. The van der Waals surface area contributed by atoms with E-state index in [9.17, 15) is 9.59 Å². The van der Waals surface area contributed by atoms with Gasteiger partial charge in [-0.05, 0) is 42.7 Å². The molecule has 4 rings (SSSR count). The van der Waals surface area contributed by atoms with Gasteiger partial charge in [-0.2, -0.15) is 0 Å². The Hall–Kier alpha value is -3.16. The molecule has 2 heterocycles. The maximum absolute atomic E-state index is 13.7. The summed E-state index contributed by atoms with van der Waals surface area (Å²) in [6.45, 7) is 3.90. The number of hydrogen-bond acceptors (Lipinski definition) is 6. The van der Waals surface area contributed by atoms with Gasteiger partial charge >= 0.3 is 0 Å². The van der Waals surface area contributed by atoms with E-state index in [4.69, 9.17) is 9.47 Å². The summed E-state index contributed by atoms with van der Waals surface area (Å²) in [5.74, 6) is -0.630. The Labute approximate surface area is 195 Å². The standard InChI is InChI=1S/C26H31N3O4/c1-32-18-16-28(17-19-33-2)24-23(20-8-4-3-5-9-20)25(30)29(26(24)31)22-12-10-21(11-13-22)27-14-6-7-15-27/h3-5,8-13H,6-7,14-19H2,1-2H3. The van der Waals surface area contributed by atoms with E-state index in [0.29, 0.717) is 43.3 Å². The van der Waals surface area contributed by atoms with Crippen molar-refractivity contribution < 1.29 is 19.1 Å². The Bertz CT molecular complexity index is 990. The maximum Gasteiger partial charge on any atom is 0.282 e. The van der Waals surface area contributed by atoms with Crippen LogP contribution in [-0.4, -0.2) is 70.3 Å². The smallest absolute Gasteiger partial charge is 0.282 e. The quantitative estimate of drug-likeness (QED) is 0.520. The summed E-state index contributed by atoms with van der Waals surface area (Å²) in [4.78, 5) is 32.9. The third-order valence-corrected chi connectivity index (χ3v) is 6.15. The van der Waals surface area contributed by atoms with Crippen molar-refractivity contribution in [3.63, 3.8) is 0 Å². The zero-order valence-corrected chi connectivity index (χ0v) is 19.3. The highest BCUT2D eigenvalue weighted by Gasteiger charge is 2.42. The Balaban J connectivity index is 1.71. The average molecular weight is 450 g/mol. The van der Waals surface area contributed by atoms with Gasteiger partial charge in [0.2, 0.25) is 0 Å². The van der Waals surface area contributed by atoms with Gasteiger partial charge in [0.15, 0.2) is 0 Å². The summed E-state index contributed by atoms with van der Waals surface area (Å²) >= 11 is 0. The summed E-state index contributed by atoms with van der Waals surface area (Å²) < 4.78 is 10.5. The summed E-state index contributed by atoms with van der Waals surface area (Å²) in [5, 5.41) is 0. The number of hydrogen-bond donors (Lipinski definition) is 0. The van der Waals surface area contributed by atoms with Crippen LogP contribution in [-0.2, 0) is 19.1 Å². The average Bonchev–Trinajstić information content (AvgIpc) is 3.47. The molecule has 2 aliphatic heterocycles. The van der Waals surface area contributed by atoms with E-state index in [0.717, 1.165) is 24.3 Å². The molecule has 0 saturated carbocycles. The molecule has 0 spiro atoms. The molecular formula is C26H31N3O4. The second-order valence-electron chi connectivity index (χ2n) is 8.22. The Morgan fingerprint density at radius 1 is 0.788 bits per heavy atom. The fraction of sp³-hybridized carbons (Fsp3) is 0.385. The lowest BCUT2D eigenvalue weighted by Gasteiger charge is -2.26. The van der Waals surface area contributed by atoms with Crippen molar-refractivity contribution in [2.24, 2.45) is 0 Å². The second kappa shape index (κ2) is 10.6. The minimum Gasteiger partial charge on any atom is -0.383 e. The molecule has 2 aromatic carbocycles. The summed E-state index contributed by atoms with van der Waals surface area (Å²) in [7, 11) is 3.24. The first-order valence-electron chi connectivity index (χ1n) is 11.4. The molecule has 174 valence electrons. The van der Waals surface area contributed by atoms with E-state index in [1.165, 1.54) is 17.7 Å². The number of methoxy groups -OCH3 is 2. The van der Waals surface area contributed by atoms with Crippen molar-refractivity contribution in [2.75, 3.05) is 63.4 Å². The fourth-order valence-corrected chi connectivity index (χ4v) is 4.44. The number of nitrogens with zero attached hydrogens (tertiary/aromatic N) is 3. The van der Waals surface area contributed by atoms with Crippen LogP contribution in [0.3, 0.4) is 0 Å². The summed E-state index contributed by atoms with van der Waals surface area (Å²) in [5.41, 5.74) is 3.23. The SMILES string of the molecule is COCCN(CCOC)C1=C(c2ccccc2)C(=O)N(c2ccc(N3CCCC3)cc2)C1=O. The Morgan fingerprint density at radius 3 is 1.94 bits per heavy atom. The zero-order valence-electron chi connectivity index (χ0n) is 19.3. The van der Waals surface area contributed by atoms with Crippen LogP contribution in [0.15, 0.2) is 60.3 Å². The van der Waals surface area contributed by atoms with Crippen molar-refractivity contribution in [1.82, 2.24) is 4.90 Å². The predicted molar refractivity (Wildman–Crippen MR) is 129 cm³/mol. The fourth-order valence-electron chi connectivity index (χ4n) is 4.44. The number of amides is 2. The minimum absolute atomic E-state index is 0.310. The molecule has 1 saturated heterocycles. The molecule has 7 nitrogen and oxygen atoms in total. The largest absolute Gasteiger partial charge is 0.383 e. The summed E-state index contributed by atoms with van der Waals surface area (Å²) in [6, 6.07) is 17.1. The van der Waals surface area contributed by atoms with Crippen LogP contribution < -0.4 is 9.80 Å². The van der Waals surface area contributed by atoms with Gasteiger partial charge in [0.1, 0.15) is 5.70 Å². The molecule has 0 N–H and O–H groups in total. The molecule has 2 aliphatic rings. The molecule has 0 aromatic heterocycles. The molecule has 33 heavy (non-hydrogen) atoms. The van der Waals surface area contributed by atoms with Crippen molar-refractivity contribution >= 4 is 28.8 Å². The topological polar surface area (TPSA) is 62.3 Å². The first kappa shape index (κ1) is 23.0. The van der Waals surface area contributed by atoms with Gasteiger partial charge < -0.3 is 19.3 Å². The van der Waals surface area contributed by atoms with Crippen LogP contribution >= 0.6 is 0 Å². The molecule has 2 amide bonds. The number of ether oxygens (including phenoxy) is 2. The van der Waals surface area contributed by atoms with Gasteiger partial charge in [0.05, 0.1) is 24.5 Å². The number of anilines is 2. The van der Waals surface area contributed by atoms with Gasteiger partial charge in [0, 0.05) is 46.1 Å². The molecule has 0 unspecified atom stereocenters. The first-order chi connectivity index (χ1) is 16.2.